The van der Waals surface area contributed by atoms with E-state index in [4.69, 9.17) is 9.15 Å². The highest BCUT2D eigenvalue weighted by molar-refractivity contribution is 5.97. The number of nitrogens with zero attached hydrogens (tertiary/aromatic N) is 6. The van der Waals surface area contributed by atoms with Crippen LogP contribution in [0.15, 0.2) is 59.7 Å². The van der Waals surface area contributed by atoms with Crippen LogP contribution < -0.4 is 4.74 Å². The monoisotopic (exact) mass is 390 g/mol. The Hall–Kier alpha value is -3.75. The number of amides is 1. The van der Waals surface area contributed by atoms with Gasteiger partial charge in [0.1, 0.15) is 6.10 Å². The van der Waals surface area contributed by atoms with E-state index in [1.807, 2.05) is 23.1 Å². The molecule has 1 aromatic carbocycles. The number of fused-ring (bicyclic) bond motifs is 1. The SMILES string of the molecule is O=C(c1ccccc1-n1nccn1)N1CCCC(Oc2ccnc3ocnc23)C1. The summed E-state index contributed by atoms with van der Waals surface area (Å²) in [6, 6.07) is 9.11. The number of hydrogen-bond donors (Lipinski definition) is 0. The van der Waals surface area contributed by atoms with Crippen molar-refractivity contribution in [2.75, 3.05) is 13.1 Å². The van der Waals surface area contributed by atoms with Crippen molar-refractivity contribution in [2.24, 2.45) is 0 Å². The fourth-order valence-electron chi connectivity index (χ4n) is 3.59. The number of likely N-dealkylation sites (tertiary alicyclic amines) is 1. The van der Waals surface area contributed by atoms with Crippen LogP contribution in [0.4, 0.5) is 0 Å². The molecule has 1 saturated heterocycles. The number of pyridine rings is 1. The Labute approximate surface area is 165 Å². The Bertz CT molecular complexity index is 1140. The first kappa shape index (κ1) is 17.4. The molecular formula is C20H18N6O3. The van der Waals surface area contributed by atoms with Gasteiger partial charge in [-0.3, -0.25) is 4.79 Å². The van der Waals surface area contributed by atoms with Gasteiger partial charge >= 0.3 is 0 Å². The maximum atomic E-state index is 13.2. The Balaban J connectivity index is 1.36. The van der Waals surface area contributed by atoms with Crippen molar-refractivity contribution in [3.63, 3.8) is 0 Å². The number of benzene rings is 1. The van der Waals surface area contributed by atoms with E-state index in [0.717, 1.165) is 12.8 Å². The molecule has 146 valence electrons. The van der Waals surface area contributed by atoms with E-state index >= 15 is 0 Å². The van der Waals surface area contributed by atoms with Crippen LogP contribution in [0.2, 0.25) is 0 Å². The van der Waals surface area contributed by atoms with Crippen molar-refractivity contribution in [1.82, 2.24) is 29.9 Å². The van der Waals surface area contributed by atoms with Crippen LogP contribution in [0, 0.1) is 0 Å². The second kappa shape index (κ2) is 7.34. The minimum Gasteiger partial charge on any atom is -0.486 e. The molecule has 1 aliphatic heterocycles. The van der Waals surface area contributed by atoms with Crippen LogP contribution in [0.5, 0.6) is 5.75 Å². The number of para-hydroxylation sites is 1. The van der Waals surface area contributed by atoms with Crippen molar-refractivity contribution in [3.05, 3.63) is 60.9 Å². The largest absolute Gasteiger partial charge is 0.486 e. The van der Waals surface area contributed by atoms with Gasteiger partial charge in [-0.15, -0.1) is 0 Å². The third-order valence-electron chi connectivity index (χ3n) is 4.93. The zero-order valence-corrected chi connectivity index (χ0v) is 15.5. The van der Waals surface area contributed by atoms with E-state index in [1.165, 1.54) is 11.2 Å². The number of carbonyl (C=O) groups is 1. The van der Waals surface area contributed by atoms with Gasteiger partial charge in [-0.05, 0) is 25.0 Å². The Morgan fingerprint density at radius 3 is 2.86 bits per heavy atom. The van der Waals surface area contributed by atoms with Crippen LogP contribution in [0.1, 0.15) is 23.2 Å². The molecule has 9 nitrogen and oxygen atoms in total. The summed E-state index contributed by atoms with van der Waals surface area (Å²) in [5.74, 6) is 0.553. The molecule has 9 heteroatoms. The standard InChI is InChI=1S/C20H18N6O3/c27-20(15-5-1-2-6-16(15)26-23-9-10-24-26)25-11-3-4-14(12-25)29-17-7-8-21-19-18(17)22-13-28-19/h1-2,5-10,13-14H,3-4,11-12H2. The average Bonchev–Trinajstić information content (AvgIpc) is 3.46. The molecule has 1 unspecified atom stereocenters. The first-order valence-electron chi connectivity index (χ1n) is 9.39. The second-order valence-corrected chi connectivity index (χ2v) is 6.78. The zero-order chi connectivity index (χ0) is 19.6. The summed E-state index contributed by atoms with van der Waals surface area (Å²) < 4.78 is 11.4. The predicted octanol–water partition coefficient (Wildman–Crippen LogP) is 2.49. The molecule has 1 fully saturated rings. The number of rotatable bonds is 4. The predicted molar refractivity (Wildman–Crippen MR) is 103 cm³/mol. The maximum Gasteiger partial charge on any atom is 0.256 e. The van der Waals surface area contributed by atoms with Gasteiger partial charge in [-0.2, -0.15) is 15.0 Å². The van der Waals surface area contributed by atoms with Gasteiger partial charge in [-0.1, -0.05) is 12.1 Å². The molecule has 1 amide bonds. The summed E-state index contributed by atoms with van der Waals surface area (Å²) in [7, 11) is 0. The van der Waals surface area contributed by atoms with Gasteiger partial charge in [0.05, 0.1) is 30.2 Å². The van der Waals surface area contributed by atoms with E-state index in [1.54, 1.807) is 30.7 Å². The summed E-state index contributed by atoms with van der Waals surface area (Å²) in [5, 5.41) is 8.32. The van der Waals surface area contributed by atoms with Crippen LogP contribution in [0.3, 0.4) is 0 Å². The molecule has 0 aliphatic carbocycles. The lowest BCUT2D eigenvalue weighted by molar-refractivity contribution is 0.0540. The lowest BCUT2D eigenvalue weighted by Gasteiger charge is -2.33. The van der Waals surface area contributed by atoms with Gasteiger partial charge in [0.25, 0.3) is 11.6 Å². The van der Waals surface area contributed by atoms with Crippen LogP contribution >= 0.6 is 0 Å². The van der Waals surface area contributed by atoms with E-state index in [2.05, 4.69) is 20.2 Å². The summed E-state index contributed by atoms with van der Waals surface area (Å²) in [4.78, 5) is 24.8. The fourth-order valence-corrected chi connectivity index (χ4v) is 3.59. The molecule has 1 aliphatic rings. The molecule has 1 atom stereocenters. The Morgan fingerprint density at radius 2 is 1.97 bits per heavy atom. The lowest BCUT2D eigenvalue weighted by atomic mass is 10.1. The van der Waals surface area contributed by atoms with Gasteiger partial charge in [0.15, 0.2) is 17.7 Å². The Morgan fingerprint density at radius 1 is 1.10 bits per heavy atom. The molecule has 5 rings (SSSR count). The van der Waals surface area contributed by atoms with E-state index < -0.39 is 0 Å². The summed E-state index contributed by atoms with van der Waals surface area (Å²) in [5.41, 5.74) is 2.24. The first-order valence-corrected chi connectivity index (χ1v) is 9.39. The lowest BCUT2D eigenvalue weighted by Crippen LogP contribution is -2.44. The van der Waals surface area contributed by atoms with Gasteiger partial charge in [0, 0.05) is 18.8 Å². The van der Waals surface area contributed by atoms with Gasteiger partial charge < -0.3 is 14.1 Å². The number of ether oxygens (including phenoxy) is 1. The van der Waals surface area contributed by atoms with Crippen molar-refractivity contribution in [2.45, 2.75) is 18.9 Å². The summed E-state index contributed by atoms with van der Waals surface area (Å²) in [6.45, 7) is 1.16. The molecular weight excluding hydrogens is 372 g/mol. The molecule has 3 aromatic heterocycles. The molecule has 0 radical (unpaired) electrons. The second-order valence-electron chi connectivity index (χ2n) is 6.78. The number of oxazole rings is 1. The first-order chi connectivity index (χ1) is 14.3. The highest BCUT2D eigenvalue weighted by Gasteiger charge is 2.28. The fraction of sp³-hybridized carbons (Fsp3) is 0.250. The third kappa shape index (κ3) is 3.31. The van der Waals surface area contributed by atoms with Gasteiger partial charge in [-0.25, -0.2) is 9.97 Å². The van der Waals surface area contributed by atoms with Crippen molar-refractivity contribution >= 4 is 17.1 Å². The number of piperidine rings is 1. The number of hydrogen-bond acceptors (Lipinski definition) is 7. The minimum atomic E-state index is -0.134. The van der Waals surface area contributed by atoms with E-state index in [0.29, 0.717) is 41.3 Å². The minimum absolute atomic E-state index is 0.0625. The van der Waals surface area contributed by atoms with Crippen LogP contribution in [0.25, 0.3) is 16.9 Å². The van der Waals surface area contributed by atoms with Gasteiger partial charge in [0.2, 0.25) is 0 Å². The Kier molecular flexibility index (Phi) is 4.39. The highest BCUT2D eigenvalue weighted by Crippen LogP contribution is 2.26. The topological polar surface area (TPSA) is 99.2 Å². The maximum absolute atomic E-state index is 13.2. The smallest absolute Gasteiger partial charge is 0.256 e. The van der Waals surface area contributed by atoms with Crippen LogP contribution in [-0.2, 0) is 0 Å². The molecule has 0 saturated carbocycles. The zero-order valence-electron chi connectivity index (χ0n) is 15.5. The number of aromatic nitrogens is 5. The molecule has 0 N–H and O–H groups in total. The van der Waals surface area contributed by atoms with Crippen molar-refractivity contribution < 1.29 is 13.9 Å². The third-order valence-corrected chi connectivity index (χ3v) is 4.93. The quantitative estimate of drug-likeness (QED) is 0.528. The summed E-state index contributed by atoms with van der Waals surface area (Å²) >= 11 is 0. The van der Waals surface area contributed by atoms with Crippen molar-refractivity contribution in [3.8, 4) is 11.4 Å². The molecule has 4 aromatic rings. The summed E-state index contributed by atoms with van der Waals surface area (Å²) in [6.07, 6.45) is 7.73. The average molecular weight is 390 g/mol. The molecule has 4 heterocycles. The van der Waals surface area contributed by atoms with E-state index in [-0.39, 0.29) is 12.0 Å². The van der Waals surface area contributed by atoms with Crippen molar-refractivity contribution in [1.29, 1.82) is 0 Å². The molecule has 29 heavy (non-hydrogen) atoms. The van der Waals surface area contributed by atoms with Crippen LogP contribution in [-0.4, -0.2) is 55.0 Å². The number of carbonyl (C=O) groups excluding carboxylic acids is 1. The van der Waals surface area contributed by atoms with E-state index in [9.17, 15) is 4.79 Å². The highest BCUT2D eigenvalue weighted by atomic mass is 16.5. The molecule has 0 bridgehead atoms. The normalized spacial score (nSPS) is 16.8. The molecule has 0 spiro atoms.